The summed E-state index contributed by atoms with van der Waals surface area (Å²) in [6, 6.07) is 9.66. The van der Waals surface area contributed by atoms with E-state index in [1.54, 1.807) is 4.90 Å². The summed E-state index contributed by atoms with van der Waals surface area (Å²) in [5.74, 6) is -0.652. The zero-order valence-corrected chi connectivity index (χ0v) is 11.4. The van der Waals surface area contributed by atoms with Gasteiger partial charge in [0.25, 0.3) is 0 Å². The molecule has 2 amide bonds. The van der Waals surface area contributed by atoms with E-state index < -0.39 is 0 Å². The smallest absolute Gasteiger partial charge is 0.227 e. The molecule has 1 saturated heterocycles. The van der Waals surface area contributed by atoms with E-state index in [9.17, 15) is 9.59 Å². The molecule has 1 fully saturated rings. The molecule has 0 saturated carbocycles. The van der Waals surface area contributed by atoms with Gasteiger partial charge in [0.1, 0.15) is 6.54 Å². The van der Waals surface area contributed by atoms with Crippen LogP contribution in [0.3, 0.4) is 0 Å². The molecular formula is C15H17N3O2. The van der Waals surface area contributed by atoms with Gasteiger partial charge in [0.05, 0.1) is 12.0 Å². The third kappa shape index (κ3) is 2.97. The molecule has 1 N–H and O–H groups in total. The molecule has 1 aromatic rings. The normalized spacial score (nSPS) is 17.9. The maximum atomic E-state index is 12.0. The number of nitriles is 1. The maximum Gasteiger partial charge on any atom is 0.227 e. The van der Waals surface area contributed by atoms with Crippen LogP contribution in [0.25, 0.3) is 0 Å². The molecule has 2 rings (SSSR count). The third-order valence-corrected chi connectivity index (χ3v) is 3.49. The average molecular weight is 271 g/mol. The van der Waals surface area contributed by atoms with Crippen LogP contribution in [0.5, 0.6) is 0 Å². The minimum Gasteiger partial charge on any atom is -0.343 e. The summed E-state index contributed by atoms with van der Waals surface area (Å²) in [5.41, 5.74) is 2.03. The Morgan fingerprint density at radius 2 is 2.15 bits per heavy atom. The lowest BCUT2D eigenvalue weighted by molar-refractivity contribution is -0.126. The minimum absolute atomic E-state index is 0.0191. The van der Waals surface area contributed by atoms with Crippen molar-refractivity contribution >= 4 is 17.5 Å². The van der Waals surface area contributed by atoms with Crippen molar-refractivity contribution < 1.29 is 9.59 Å². The second-order valence-electron chi connectivity index (χ2n) is 4.80. The van der Waals surface area contributed by atoms with E-state index in [2.05, 4.69) is 12.2 Å². The number of nitrogens with zero attached hydrogens (tertiary/aromatic N) is 2. The first-order valence-electron chi connectivity index (χ1n) is 6.69. The van der Waals surface area contributed by atoms with Gasteiger partial charge in [-0.2, -0.15) is 5.26 Å². The minimum atomic E-state index is -0.373. The predicted molar refractivity (Wildman–Crippen MR) is 74.9 cm³/mol. The van der Waals surface area contributed by atoms with Gasteiger partial charge < -0.3 is 10.2 Å². The Morgan fingerprint density at radius 3 is 2.75 bits per heavy atom. The molecule has 20 heavy (non-hydrogen) atoms. The molecule has 5 nitrogen and oxygen atoms in total. The van der Waals surface area contributed by atoms with Crippen molar-refractivity contribution in [3.63, 3.8) is 0 Å². The second kappa shape index (κ2) is 6.20. The number of carbonyl (C=O) groups is 2. The second-order valence-corrected chi connectivity index (χ2v) is 4.80. The Hall–Kier alpha value is -2.35. The maximum absolute atomic E-state index is 12.0. The van der Waals surface area contributed by atoms with Gasteiger partial charge in [0.15, 0.2) is 0 Å². The Morgan fingerprint density at radius 1 is 1.45 bits per heavy atom. The van der Waals surface area contributed by atoms with E-state index in [0.717, 1.165) is 12.1 Å². The van der Waals surface area contributed by atoms with E-state index in [1.807, 2.05) is 30.3 Å². The summed E-state index contributed by atoms with van der Waals surface area (Å²) in [6.45, 7) is 2.43. The molecule has 1 aromatic carbocycles. The fraction of sp³-hybridized carbons (Fsp3) is 0.400. The van der Waals surface area contributed by atoms with E-state index in [4.69, 9.17) is 5.26 Å². The molecule has 1 aliphatic rings. The number of amides is 2. The van der Waals surface area contributed by atoms with Crippen LogP contribution >= 0.6 is 0 Å². The van der Waals surface area contributed by atoms with Gasteiger partial charge >= 0.3 is 0 Å². The van der Waals surface area contributed by atoms with Crippen LogP contribution in [0.1, 0.15) is 18.9 Å². The summed E-state index contributed by atoms with van der Waals surface area (Å²) in [4.78, 5) is 25.4. The van der Waals surface area contributed by atoms with Crippen molar-refractivity contribution in [1.82, 2.24) is 5.32 Å². The fourth-order valence-electron chi connectivity index (χ4n) is 2.32. The molecule has 1 aliphatic heterocycles. The van der Waals surface area contributed by atoms with Gasteiger partial charge in [0, 0.05) is 18.7 Å². The molecule has 0 bridgehead atoms. The summed E-state index contributed by atoms with van der Waals surface area (Å²) >= 11 is 0. The van der Waals surface area contributed by atoms with Gasteiger partial charge in [-0.1, -0.05) is 19.1 Å². The molecule has 1 atom stereocenters. The summed E-state index contributed by atoms with van der Waals surface area (Å²) < 4.78 is 0. The molecule has 1 heterocycles. The predicted octanol–water partition coefficient (Wildman–Crippen LogP) is 1.24. The van der Waals surface area contributed by atoms with Gasteiger partial charge in [-0.05, 0) is 24.1 Å². The standard InChI is InChI=1S/C15H17N3O2/c1-2-11-3-5-13(6-4-11)18-10-12(9-14(18)19)15(20)17-8-7-16/h3-6,12H,2,8-10H2,1H3,(H,17,20). The fourth-order valence-corrected chi connectivity index (χ4v) is 2.32. The number of nitrogens with one attached hydrogen (secondary N) is 1. The zero-order chi connectivity index (χ0) is 14.5. The van der Waals surface area contributed by atoms with Crippen LogP contribution in [0, 0.1) is 17.2 Å². The molecule has 1 unspecified atom stereocenters. The van der Waals surface area contributed by atoms with Crippen LogP contribution in [-0.4, -0.2) is 24.9 Å². The van der Waals surface area contributed by atoms with Crippen LogP contribution in [-0.2, 0) is 16.0 Å². The first kappa shape index (κ1) is 14.1. The van der Waals surface area contributed by atoms with E-state index in [1.165, 1.54) is 5.56 Å². The van der Waals surface area contributed by atoms with Gasteiger partial charge in [-0.15, -0.1) is 0 Å². The Balaban J connectivity index is 2.05. The Labute approximate surface area is 118 Å². The number of anilines is 1. The van der Waals surface area contributed by atoms with Crippen LogP contribution in [0.4, 0.5) is 5.69 Å². The molecule has 5 heteroatoms. The number of benzene rings is 1. The zero-order valence-electron chi connectivity index (χ0n) is 11.4. The summed E-state index contributed by atoms with van der Waals surface area (Å²) in [6.07, 6.45) is 1.15. The monoisotopic (exact) mass is 271 g/mol. The Bertz CT molecular complexity index is 545. The number of rotatable bonds is 4. The quantitative estimate of drug-likeness (QED) is 0.837. The SMILES string of the molecule is CCc1ccc(N2CC(C(=O)NCC#N)CC2=O)cc1. The van der Waals surface area contributed by atoms with Crippen molar-refractivity contribution in [2.24, 2.45) is 5.92 Å². The van der Waals surface area contributed by atoms with Crippen molar-refractivity contribution in [1.29, 1.82) is 5.26 Å². The van der Waals surface area contributed by atoms with Crippen molar-refractivity contribution in [3.8, 4) is 6.07 Å². The molecule has 0 radical (unpaired) electrons. The van der Waals surface area contributed by atoms with Crippen LogP contribution in [0.15, 0.2) is 24.3 Å². The highest BCUT2D eigenvalue weighted by atomic mass is 16.2. The van der Waals surface area contributed by atoms with Gasteiger partial charge in [-0.25, -0.2) is 0 Å². The summed E-state index contributed by atoms with van der Waals surface area (Å²) in [7, 11) is 0. The molecule has 0 aromatic heterocycles. The van der Waals surface area contributed by atoms with Gasteiger partial charge in [0.2, 0.25) is 11.8 Å². The number of carbonyl (C=O) groups excluding carboxylic acids is 2. The van der Waals surface area contributed by atoms with E-state index >= 15 is 0 Å². The van der Waals surface area contributed by atoms with E-state index in [-0.39, 0.29) is 30.7 Å². The first-order valence-corrected chi connectivity index (χ1v) is 6.69. The number of hydrogen-bond acceptors (Lipinski definition) is 3. The molecule has 0 aliphatic carbocycles. The highest BCUT2D eigenvalue weighted by molar-refractivity contribution is 6.00. The molecular weight excluding hydrogens is 254 g/mol. The highest BCUT2D eigenvalue weighted by Crippen LogP contribution is 2.25. The lowest BCUT2D eigenvalue weighted by atomic mass is 10.1. The number of aryl methyl sites for hydroxylation is 1. The lowest BCUT2D eigenvalue weighted by Crippen LogP contribution is -2.33. The molecule has 104 valence electrons. The topological polar surface area (TPSA) is 73.2 Å². The number of hydrogen-bond donors (Lipinski definition) is 1. The van der Waals surface area contributed by atoms with Crippen LogP contribution < -0.4 is 10.2 Å². The average Bonchev–Trinajstić information content (AvgIpc) is 2.87. The van der Waals surface area contributed by atoms with E-state index in [0.29, 0.717) is 6.54 Å². The summed E-state index contributed by atoms with van der Waals surface area (Å²) in [5, 5.41) is 11.0. The Kier molecular flexibility index (Phi) is 4.36. The molecule has 0 spiro atoms. The first-order chi connectivity index (χ1) is 9.65. The van der Waals surface area contributed by atoms with Crippen LogP contribution in [0.2, 0.25) is 0 Å². The largest absolute Gasteiger partial charge is 0.343 e. The van der Waals surface area contributed by atoms with Crippen molar-refractivity contribution in [2.75, 3.05) is 18.0 Å². The van der Waals surface area contributed by atoms with Crippen molar-refractivity contribution in [3.05, 3.63) is 29.8 Å². The highest BCUT2D eigenvalue weighted by Gasteiger charge is 2.34. The lowest BCUT2D eigenvalue weighted by Gasteiger charge is -2.17. The van der Waals surface area contributed by atoms with Gasteiger partial charge in [-0.3, -0.25) is 9.59 Å². The van der Waals surface area contributed by atoms with Crippen molar-refractivity contribution in [2.45, 2.75) is 19.8 Å². The third-order valence-electron chi connectivity index (χ3n) is 3.49.